The molecule has 0 bridgehead atoms. The summed E-state index contributed by atoms with van der Waals surface area (Å²) < 4.78 is 35.0. The number of rotatable bonds is 17. The smallest absolute Gasteiger partial charge is 0.330 e. The van der Waals surface area contributed by atoms with Crippen molar-refractivity contribution in [3.05, 3.63) is 0 Å². The molecule has 0 aliphatic heterocycles. The summed E-state index contributed by atoms with van der Waals surface area (Å²) in [6.07, 6.45) is 16.9. The van der Waals surface area contributed by atoms with Gasteiger partial charge in [0.15, 0.2) is 0 Å². The zero-order valence-corrected chi connectivity index (χ0v) is 28.4. The Morgan fingerprint density at radius 3 is 2.42 bits per heavy atom. The van der Waals surface area contributed by atoms with Gasteiger partial charge in [0.25, 0.3) is 0 Å². The molecule has 9 heteroatoms. The van der Waals surface area contributed by atoms with Gasteiger partial charge in [-0.15, -0.1) is 0 Å². The van der Waals surface area contributed by atoms with Gasteiger partial charge in [0.2, 0.25) is 0 Å². The summed E-state index contributed by atoms with van der Waals surface area (Å²) in [4.78, 5) is 12.7. The maximum atomic E-state index is 12.7. The SMILES string of the molecule is CC(COS(=O)(=O)O)C(=O)CCC(C)C1CCC2C3CCC4CC(NCCCNCCCCN)CCC4(C)C3CCC12C. The minimum atomic E-state index is -4.51. The summed E-state index contributed by atoms with van der Waals surface area (Å²) >= 11 is 0. The molecule has 4 saturated carbocycles. The van der Waals surface area contributed by atoms with E-state index in [0.717, 1.165) is 62.7 Å². The number of nitrogens with two attached hydrogens (primary N) is 1. The van der Waals surface area contributed by atoms with E-state index in [0.29, 0.717) is 35.1 Å². The second kappa shape index (κ2) is 15.3. The molecular weight excluding hydrogens is 562 g/mol. The first-order chi connectivity index (χ1) is 20.4. The lowest BCUT2D eigenvalue weighted by Gasteiger charge is -2.61. The fourth-order valence-electron chi connectivity index (χ4n) is 10.6. The van der Waals surface area contributed by atoms with Crippen LogP contribution in [0.15, 0.2) is 0 Å². The summed E-state index contributed by atoms with van der Waals surface area (Å²) in [7, 11) is -4.51. The Kier molecular flexibility index (Phi) is 12.6. The molecule has 8 nitrogen and oxygen atoms in total. The van der Waals surface area contributed by atoms with E-state index in [9.17, 15) is 13.2 Å². The van der Waals surface area contributed by atoms with E-state index in [1.807, 2.05) is 0 Å². The lowest BCUT2D eigenvalue weighted by atomic mass is 9.44. The van der Waals surface area contributed by atoms with Crippen molar-refractivity contribution in [2.45, 2.75) is 124 Å². The number of hydrogen-bond acceptors (Lipinski definition) is 7. The number of ketones is 1. The fourth-order valence-corrected chi connectivity index (χ4v) is 10.9. The van der Waals surface area contributed by atoms with Crippen LogP contribution in [0.3, 0.4) is 0 Å². The normalized spacial score (nSPS) is 37.3. The maximum absolute atomic E-state index is 12.7. The van der Waals surface area contributed by atoms with Crippen molar-refractivity contribution in [2.24, 2.45) is 58.0 Å². The summed E-state index contributed by atoms with van der Waals surface area (Å²) in [6, 6.07) is 0.683. The average Bonchev–Trinajstić information content (AvgIpc) is 3.32. The molecule has 4 rings (SSSR count). The molecule has 0 aromatic heterocycles. The van der Waals surface area contributed by atoms with Gasteiger partial charge in [0.05, 0.1) is 6.61 Å². The van der Waals surface area contributed by atoms with Gasteiger partial charge in [-0.1, -0.05) is 27.7 Å². The van der Waals surface area contributed by atoms with Crippen LogP contribution in [0, 0.1) is 52.3 Å². The van der Waals surface area contributed by atoms with Crippen molar-refractivity contribution in [3.8, 4) is 0 Å². The van der Waals surface area contributed by atoms with Crippen LogP contribution >= 0.6 is 0 Å². The largest absolute Gasteiger partial charge is 0.397 e. The third kappa shape index (κ3) is 8.62. The molecule has 0 saturated heterocycles. The first-order valence-electron chi connectivity index (χ1n) is 17.7. The zero-order valence-electron chi connectivity index (χ0n) is 27.6. The van der Waals surface area contributed by atoms with E-state index in [-0.39, 0.29) is 12.4 Å². The highest BCUT2D eigenvalue weighted by molar-refractivity contribution is 7.80. The van der Waals surface area contributed by atoms with Crippen molar-refractivity contribution >= 4 is 16.2 Å². The van der Waals surface area contributed by atoms with E-state index in [4.69, 9.17) is 10.3 Å². The monoisotopic (exact) mass is 625 g/mol. The van der Waals surface area contributed by atoms with Crippen LogP contribution in [0.4, 0.5) is 0 Å². The number of carbonyl (C=O) groups is 1. The molecule has 250 valence electrons. The number of fused-ring (bicyclic) bond motifs is 5. The Morgan fingerprint density at radius 2 is 1.67 bits per heavy atom. The van der Waals surface area contributed by atoms with Crippen LogP contribution in [-0.2, 0) is 19.4 Å². The van der Waals surface area contributed by atoms with Crippen LogP contribution in [0.25, 0.3) is 0 Å². The van der Waals surface area contributed by atoms with E-state index in [1.54, 1.807) is 6.92 Å². The molecule has 10 unspecified atom stereocenters. The summed E-state index contributed by atoms with van der Waals surface area (Å²) in [6.45, 7) is 13.0. The van der Waals surface area contributed by atoms with Crippen LogP contribution in [0.2, 0.25) is 0 Å². The number of Topliss-reactive ketones (excluding diaryl/α,β-unsaturated/α-hetero) is 1. The van der Waals surface area contributed by atoms with Crippen molar-refractivity contribution < 1.29 is 21.9 Å². The summed E-state index contributed by atoms with van der Waals surface area (Å²) in [5, 5.41) is 7.47. The van der Waals surface area contributed by atoms with Crippen molar-refractivity contribution in [1.82, 2.24) is 10.6 Å². The molecular formula is C34H63N3O5S. The number of hydrogen-bond donors (Lipinski definition) is 4. The lowest BCUT2D eigenvalue weighted by Crippen LogP contribution is -2.55. The molecule has 0 heterocycles. The fraction of sp³-hybridized carbons (Fsp3) is 0.971. The van der Waals surface area contributed by atoms with Crippen LogP contribution in [0.5, 0.6) is 0 Å². The summed E-state index contributed by atoms with van der Waals surface area (Å²) in [5.41, 5.74) is 6.44. The Bertz CT molecular complexity index is 1010. The average molecular weight is 626 g/mol. The molecule has 43 heavy (non-hydrogen) atoms. The first kappa shape index (κ1) is 35.3. The van der Waals surface area contributed by atoms with Gasteiger partial charge in [-0.05, 0) is 156 Å². The molecule has 4 fully saturated rings. The van der Waals surface area contributed by atoms with Gasteiger partial charge >= 0.3 is 10.4 Å². The predicted molar refractivity (Wildman–Crippen MR) is 173 cm³/mol. The third-order valence-electron chi connectivity index (χ3n) is 13.1. The minimum Gasteiger partial charge on any atom is -0.330 e. The standard InChI is InChI=1S/C34H63N3O5S/c1-24(8-13-32(38)25(2)23-42-43(39,40)41)29-11-12-30-28-10-9-26-22-27(37-21-7-20-36-19-6-5-18-35)14-16-33(26,3)31(28)15-17-34(29,30)4/h24-31,36-37H,5-23,35H2,1-4H3,(H,39,40,41). The lowest BCUT2D eigenvalue weighted by molar-refractivity contribution is -0.124. The molecule has 0 aromatic carbocycles. The molecule has 4 aliphatic rings. The van der Waals surface area contributed by atoms with Crippen molar-refractivity contribution in [2.75, 3.05) is 32.8 Å². The predicted octanol–water partition coefficient (Wildman–Crippen LogP) is 5.76. The molecule has 4 aliphatic carbocycles. The molecule has 0 spiro atoms. The van der Waals surface area contributed by atoms with Gasteiger partial charge in [-0.3, -0.25) is 9.35 Å². The first-order valence-corrected chi connectivity index (χ1v) is 19.0. The van der Waals surface area contributed by atoms with E-state index < -0.39 is 16.3 Å². The second-order valence-corrected chi connectivity index (χ2v) is 16.6. The van der Waals surface area contributed by atoms with E-state index >= 15 is 0 Å². The van der Waals surface area contributed by atoms with Gasteiger partial charge in [-0.2, -0.15) is 8.42 Å². The molecule has 0 amide bonds. The quantitative estimate of drug-likeness (QED) is 0.119. The minimum absolute atomic E-state index is 0.0187. The molecule has 10 atom stereocenters. The van der Waals surface area contributed by atoms with Crippen molar-refractivity contribution in [3.63, 3.8) is 0 Å². The Labute approximate surface area is 262 Å². The van der Waals surface area contributed by atoms with Gasteiger partial charge in [0.1, 0.15) is 5.78 Å². The Balaban J connectivity index is 1.25. The highest BCUT2D eigenvalue weighted by atomic mass is 32.3. The second-order valence-electron chi connectivity index (χ2n) is 15.5. The van der Waals surface area contributed by atoms with Gasteiger partial charge in [0, 0.05) is 18.4 Å². The van der Waals surface area contributed by atoms with Crippen molar-refractivity contribution in [1.29, 1.82) is 0 Å². The summed E-state index contributed by atoms with van der Waals surface area (Å²) in [5.74, 6) is 3.98. The topological polar surface area (TPSA) is 131 Å². The van der Waals surface area contributed by atoms with Gasteiger partial charge < -0.3 is 16.4 Å². The van der Waals surface area contributed by atoms with Crippen LogP contribution < -0.4 is 16.4 Å². The van der Waals surface area contributed by atoms with Crippen LogP contribution in [0.1, 0.15) is 118 Å². The molecule has 0 radical (unpaired) electrons. The highest BCUT2D eigenvalue weighted by Crippen LogP contribution is 2.68. The number of carbonyl (C=O) groups excluding carboxylic acids is 1. The molecule has 0 aromatic rings. The highest BCUT2D eigenvalue weighted by Gasteiger charge is 2.60. The number of unbranched alkanes of at least 4 members (excludes halogenated alkanes) is 1. The van der Waals surface area contributed by atoms with E-state index in [1.165, 1.54) is 70.6 Å². The molecule has 5 N–H and O–H groups in total. The Morgan fingerprint density at radius 1 is 0.953 bits per heavy atom. The number of nitrogens with one attached hydrogen (secondary N) is 2. The van der Waals surface area contributed by atoms with Crippen LogP contribution in [-0.4, -0.2) is 57.6 Å². The van der Waals surface area contributed by atoms with Gasteiger partial charge in [-0.25, -0.2) is 4.18 Å². The maximum Gasteiger partial charge on any atom is 0.397 e. The zero-order chi connectivity index (χ0) is 31.3. The van der Waals surface area contributed by atoms with E-state index in [2.05, 4.69) is 35.6 Å². The third-order valence-corrected chi connectivity index (χ3v) is 13.5. The Hall–Kier alpha value is -0.580.